The summed E-state index contributed by atoms with van der Waals surface area (Å²) in [4.78, 5) is 18.6. The Labute approximate surface area is 178 Å². The van der Waals surface area contributed by atoms with Gasteiger partial charge in [-0.15, -0.1) is 0 Å². The Morgan fingerprint density at radius 2 is 1.97 bits per heavy atom. The molecule has 0 aliphatic carbocycles. The van der Waals surface area contributed by atoms with E-state index in [0.717, 1.165) is 0 Å². The third-order valence-electron chi connectivity index (χ3n) is 4.95. The lowest BCUT2D eigenvalue weighted by molar-refractivity contribution is -0.764. The van der Waals surface area contributed by atoms with Crippen LogP contribution in [0.5, 0.6) is 17.4 Å². The number of carbonyl (C=O) groups is 1. The number of anilines is 1. The van der Waals surface area contributed by atoms with Crippen molar-refractivity contribution < 1.29 is 24.1 Å². The molecular formula is C21H20N4O4S. The molecule has 0 spiro atoms. The third kappa shape index (κ3) is 3.11. The molecule has 0 saturated carbocycles. The lowest BCUT2D eigenvalue weighted by atomic mass is 10.0. The van der Waals surface area contributed by atoms with Crippen LogP contribution in [-0.2, 0) is 4.79 Å². The fraction of sp³-hybridized carbons (Fsp3) is 0.238. The molecule has 1 aromatic heterocycles. The van der Waals surface area contributed by atoms with E-state index in [-0.39, 0.29) is 5.91 Å². The van der Waals surface area contributed by atoms with Crippen molar-refractivity contribution in [3.8, 4) is 28.6 Å². The number of nitrogens with zero attached hydrogens (tertiary/aromatic N) is 4. The number of amides is 1. The molecule has 0 bridgehead atoms. The molecule has 0 saturated heterocycles. The van der Waals surface area contributed by atoms with E-state index in [1.165, 1.54) is 18.7 Å². The molecule has 2 aromatic carbocycles. The smallest absolute Gasteiger partial charge is 0.296 e. The highest BCUT2D eigenvalue weighted by Crippen LogP contribution is 2.43. The number of hydrogen-bond acceptors (Lipinski definition) is 7. The summed E-state index contributed by atoms with van der Waals surface area (Å²) in [6.07, 6.45) is 1.04. The first-order chi connectivity index (χ1) is 14.5. The van der Waals surface area contributed by atoms with Gasteiger partial charge in [-0.1, -0.05) is 28.6 Å². The van der Waals surface area contributed by atoms with Crippen molar-refractivity contribution in [2.75, 3.05) is 25.4 Å². The monoisotopic (exact) mass is 424 g/mol. The molecule has 2 heterocycles. The third-order valence-corrected chi connectivity index (χ3v) is 5.49. The second-order valence-electron chi connectivity index (χ2n) is 6.58. The van der Waals surface area contributed by atoms with Crippen molar-refractivity contribution in [2.24, 2.45) is 0 Å². The van der Waals surface area contributed by atoms with E-state index in [1.54, 1.807) is 54.3 Å². The lowest BCUT2D eigenvalue weighted by Crippen LogP contribution is -2.58. The van der Waals surface area contributed by atoms with Crippen LogP contribution in [0.25, 0.3) is 11.3 Å². The number of hydrogen-bond donors (Lipinski definition) is 0. The minimum absolute atomic E-state index is 0.202. The first-order valence-electron chi connectivity index (χ1n) is 9.16. The SMILES string of the molecule is COc1ccc(OC)c(C2N(C(C)=O)c3ccccc3-c3c([O-])nc(SC)n[n+]32)c1. The molecule has 9 heteroatoms. The zero-order valence-electron chi connectivity index (χ0n) is 16.9. The number of thioether (sulfide) groups is 1. The highest BCUT2D eigenvalue weighted by Gasteiger charge is 2.45. The van der Waals surface area contributed by atoms with Gasteiger partial charge in [0, 0.05) is 12.0 Å². The van der Waals surface area contributed by atoms with Crippen LogP contribution in [0.4, 0.5) is 5.69 Å². The van der Waals surface area contributed by atoms with Crippen LogP contribution >= 0.6 is 11.8 Å². The van der Waals surface area contributed by atoms with Crippen LogP contribution in [-0.4, -0.2) is 36.5 Å². The van der Waals surface area contributed by atoms with Gasteiger partial charge in [0.15, 0.2) is 0 Å². The second kappa shape index (κ2) is 7.83. The van der Waals surface area contributed by atoms with Crippen LogP contribution in [0.2, 0.25) is 0 Å². The van der Waals surface area contributed by atoms with Gasteiger partial charge in [0.25, 0.3) is 17.0 Å². The number of fused-ring (bicyclic) bond motifs is 3. The summed E-state index contributed by atoms with van der Waals surface area (Å²) >= 11 is 1.26. The first-order valence-corrected chi connectivity index (χ1v) is 10.4. The lowest BCUT2D eigenvalue weighted by Gasteiger charge is -2.33. The molecule has 3 aromatic rings. The quantitative estimate of drug-likeness (QED) is 0.468. The van der Waals surface area contributed by atoms with Gasteiger partial charge in [0.1, 0.15) is 11.5 Å². The van der Waals surface area contributed by atoms with E-state index in [4.69, 9.17) is 9.47 Å². The maximum absolute atomic E-state index is 13.0. The zero-order chi connectivity index (χ0) is 21.4. The van der Waals surface area contributed by atoms with Gasteiger partial charge < -0.3 is 14.6 Å². The molecule has 0 radical (unpaired) electrons. The fourth-order valence-corrected chi connectivity index (χ4v) is 4.03. The summed E-state index contributed by atoms with van der Waals surface area (Å²) in [6, 6.07) is 12.6. The van der Waals surface area contributed by atoms with Crippen molar-refractivity contribution in [3.05, 3.63) is 48.0 Å². The van der Waals surface area contributed by atoms with Crippen molar-refractivity contribution in [1.82, 2.24) is 10.1 Å². The highest BCUT2D eigenvalue weighted by molar-refractivity contribution is 7.98. The van der Waals surface area contributed by atoms with E-state index in [9.17, 15) is 9.90 Å². The first kappa shape index (κ1) is 20.0. The number of para-hydroxylation sites is 1. The van der Waals surface area contributed by atoms with Gasteiger partial charge in [-0.3, -0.25) is 4.79 Å². The Morgan fingerprint density at radius 3 is 2.63 bits per heavy atom. The summed E-state index contributed by atoms with van der Waals surface area (Å²) in [5.74, 6) is 0.530. The molecule has 1 amide bonds. The molecule has 1 unspecified atom stereocenters. The van der Waals surface area contributed by atoms with Gasteiger partial charge in [-0.25, -0.2) is 9.88 Å². The maximum Gasteiger partial charge on any atom is 0.296 e. The topological polar surface area (TPSA) is 91.5 Å². The van der Waals surface area contributed by atoms with Gasteiger partial charge in [0.05, 0.1) is 36.9 Å². The average Bonchev–Trinajstić information content (AvgIpc) is 2.76. The summed E-state index contributed by atoms with van der Waals surface area (Å²) in [5.41, 5.74) is 2.16. The van der Waals surface area contributed by atoms with E-state index in [1.807, 2.05) is 18.2 Å². The van der Waals surface area contributed by atoms with Gasteiger partial charge in [-0.05, 0) is 36.6 Å². The number of ether oxygens (including phenoxy) is 2. The number of carbonyl (C=O) groups excluding carboxylic acids is 1. The minimum atomic E-state index is -0.751. The number of methoxy groups -OCH3 is 2. The van der Waals surface area contributed by atoms with E-state index in [0.29, 0.717) is 39.2 Å². The maximum atomic E-state index is 13.0. The van der Waals surface area contributed by atoms with Gasteiger partial charge in [-0.2, -0.15) is 0 Å². The Morgan fingerprint density at radius 1 is 1.20 bits per heavy atom. The Bertz CT molecular complexity index is 1140. The predicted octanol–water partition coefficient (Wildman–Crippen LogP) is 2.16. The van der Waals surface area contributed by atoms with E-state index < -0.39 is 12.0 Å². The number of aromatic nitrogens is 3. The molecule has 8 nitrogen and oxygen atoms in total. The van der Waals surface area contributed by atoms with Gasteiger partial charge in [0.2, 0.25) is 5.91 Å². The molecule has 0 N–H and O–H groups in total. The van der Waals surface area contributed by atoms with Crippen LogP contribution in [0.1, 0.15) is 18.7 Å². The summed E-state index contributed by atoms with van der Waals surface area (Å²) in [7, 11) is 3.12. The molecule has 154 valence electrons. The molecular weight excluding hydrogens is 404 g/mol. The van der Waals surface area contributed by atoms with Crippen molar-refractivity contribution in [3.63, 3.8) is 0 Å². The van der Waals surface area contributed by atoms with E-state index in [2.05, 4.69) is 10.1 Å². The van der Waals surface area contributed by atoms with E-state index >= 15 is 0 Å². The Hall–Kier alpha value is -3.33. The molecule has 1 aliphatic heterocycles. The van der Waals surface area contributed by atoms with Crippen LogP contribution in [0.15, 0.2) is 47.6 Å². The Balaban J connectivity index is 2.10. The largest absolute Gasteiger partial charge is 0.854 e. The summed E-state index contributed by atoms with van der Waals surface area (Å²) < 4.78 is 12.5. The summed E-state index contributed by atoms with van der Waals surface area (Å²) in [6.45, 7) is 1.48. The normalized spacial score (nSPS) is 14.7. The van der Waals surface area contributed by atoms with Crippen molar-refractivity contribution in [1.29, 1.82) is 0 Å². The van der Waals surface area contributed by atoms with Crippen LogP contribution in [0.3, 0.4) is 0 Å². The van der Waals surface area contributed by atoms with Crippen LogP contribution < -0.4 is 24.2 Å². The highest BCUT2D eigenvalue weighted by atomic mass is 32.2. The molecule has 4 rings (SSSR count). The fourth-order valence-electron chi connectivity index (χ4n) is 3.68. The summed E-state index contributed by atoms with van der Waals surface area (Å²) in [5, 5.41) is 17.9. The molecule has 0 fully saturated rings. The van der Waals surface area contributed by atoms with Gasteiger partial charge >= 0.3 is 0 Å². The predicted molar refractivity (Wildman–Crippen MR) is 110 cm³/mol. The average molecular weight is 424 g/mol. The van der Waals surface area contributed by atoms with Crippen molar-refractivity contribution >= 4 is 23.4 Å². The standard InChI is InChI=1S/C21H20N4O4S/c1-12(26)24-16-8-6-5-7-14(16)18-19(27)22-21(30-4)23-25(18)20(24)15-11-13(28-2)9-10-17(15)29-3/h5-11,20H,1-4H3. The Kier molecular flexibility index (Phi) is 5.21. The second-order valence-corrected chi connectivity index (χ2v) is 7.36. The van der Waals surface area contributed by atoms with Crippen molar-refractivity contribution in [2.45, 2.75) is 18.2 Å². The zero-order valence-corrected chi connectivity index (χ0v) is 17.8. The van der Waals surface area contributed by atoms with Crippen LogP contribution in [0, 0.1) is 0 Å². The number of rotatable bonds is 4. The molecule has 1 atom stereocenters. The molecule has 30 heavy (non-hydrogen) atoms. The molecule has 1 aliphatic rings. The minimum Gasteiger partial charge on any atom is -0.854 e. The number of benzene rings is 2.